The number of benzene rings is 4. The summed E-state index contributed by atoms with van der Waals surface area (Å²) < 4.78 is 3.30. The fraction of sp³-hybridized carbons (Fsp3) is 0. The largest absolute Gasteiger partial charge is 0.268 e. The number of aromatic nitrogens is 4. The van der Waals surface area contributed by atoms with E-state index in [9.17, 15) is 9.59 Å². The molecule has 0 N–H and O–H groups in total. The molecule has 0 amide bonds. The molecule has 8 aromatic rings. The first-order chi connectivity index (χ1) is 15.7. The summed E-state index contributed by atoms with van der Waals surface area (Å²) in [7, 11) is 0. The zero-order valence-electron chi connectivity index (χ0n) is 16.4. The van der Waals surface area contributed by atoms with Crippen LogP contribution in [0.25, 0.3) is 65.7 Å². The molecule has 0 aliphatic carbocycles. The van der Waals surface area contributed by atoms with Gasteiger partial charge in [-0.05, 0) is 60.7 Å². The Balaban J connectivity index is 1.74. The van der Waals surface area contributed by atoms with Crippen LogP contribution in [-0.4, -0.2) is 18.8 Å². The van der Waals surface area contributed by atoms with Crippen molar-refractivity contribution >= 4 is 65.7 Å². The van der Waals surface area contributed by atoms with Crippen LogP contribution >= 0.6 is 0 Å². The van der Waals surface area contributed by atoms with Crippen LogP contribution in [0.3, 0.4) is 0 Å². The van der Waals surface area contributed by atoms with E-state index in [2.05, 4.69) is 12.1 Å². The SMILES string of the molecule is O=c1c2ccc3c(=O)n4c5cc[c]cc5nc4c4ccc(c2c34)c2nc3c[c]ccc3n12. The van der Waals surface area contributed by atoms with Crippen molar-refractivity contribution in [3.05, 3.63) is 93.5 Å². The van der Waals surface area contributed by atoms with E-state index in [0.717, 1.165) is 32.6 Å². The molecule has 0 unspecified atom stereocenters. The molecule has 4 aromatic heterocycles. The Morgan fingerprint density at radius 3 is 1.50 bits per heavy atom. The predicted octanol–water partition coefficient (Wildman–Crippen LogP) is 3.94. The van der Waals surface area contributed by atoms with Gasteiger partial charge in [-0.3, -0.25) is 18.4 Å². The van der Waals surface area contributed by atoms with E-state index in [-0.39, 0.29) is 11.1 Å². The summed E-state index contributed by atoms with van der Waals surface area (Å²) in [4.78, 5) is 36.6. The standard InChI is InChI=1S/C26H10N4O2/c31-25-15-11-12-16-22-14(24-28-18-6-2-4-8-20(18)30(24)26(16)32)10-9-13(21(15)22)23-27-17-5-1-3-7-19(17)29(23)25/h3-12H. The van der Waals surface area contributed by atoms with E-state index in [1.165, 1.54) is 0 Å². The van der Waals surface area contributed by atoms with Gasteiger partial charge in [0.2, 0.25) is 0 Å². The smallest absolute Gasteiger partial charge is 0.264 e. The van der Waals surface area contributed by atoms with Crippen molar-refractivity contribution in [2.75, 3.05) is 0 Å². The van der Waals surface area contributed by atoms with Crippen LogP contribution < -0.4 is 11.1 Å². The molecule has 4 heterocycles. The Morgan fingerprint density at radius 2 is 1.03 bits per heavy atom. The molecule has 2 radical (unpaired) electrons. The molecule has 0 fully saturated rings. The van der Waals surface area contributed by atoms with Crippen LogP contribution in [0, 0.1) is 12.1 Å². The van der Waals surface area contributed by atoms with Crippen molar-refractivity contribution in [1.82, 2.24) is 18.8 Å². The minimum absolute atomic E-state index is 0.147. The summed E-state index contributed by atoms with van der Waals surface area (Å²) in [6, 6.07) is 24.3. The minimum atomic E-state index is -0.147. The van der Waals surface area contributed by atoms with Gasteiger partial charge in [0.25, 0.3) is 11.1 Å². The van der Waals surface area contributed by atoms with Gasteiger partial charge in [-0.25, -0.2) is 9.97 Å². The number of rotatable bonds is 0. The summed E-state index contributed by atoms with van der Waals surface area (Å²) in [5.74, 6) is 0. The Kier molecular flexibility index (Phi) is 2.61. The molecule has 0 aliphatic heterocycles. The second kappa shape index (κ2) is 5.18. The molecule has 0 bridgehead atoms. The summed E-state index contributed by atoms with van der Waals surface area (Å²) in [5, 5.41) is 4.31. The van der Waals surface area contributed by atoms with Gasteiger partial charge in [-0.15, -0.1) is 0 Å². The number of imidazole rings is 2. The molecule has 4 aromatic carbocycles. The monoisotopic (exact) mass is 410 g/mol. The van der Waals surface area contributed by atoms with Crippen LogP contribution in [0.2, 0.25) is 0 Å². The van der Waals surface area contributed by atoms with Crippen LogP contribution in [-0.2, 0) is 0 Å². The maximum atomic E-state index is 13.6. The Bertz CT molecular complexity index is 2030. The summed E-state index contributed by atoms with van der Waals surface area (Å²) in [6.07, 6.45) is 0. The van der Waals surface area contributed by atoms with E-state index >= 15 is 0 Å². The van der Waals surface area contributed by atoms with Crippen molar-refractivity contribution in [3.8, 4) is 0 Å². The first-order valence-corrected chi connectivity index (χ1v) is 10.2. The highest BCUT2D eigenvalue weighted by Gasteiger charge is 2.22. The van der Waals surface area contributed by atoms with Gasteiger partial charge in [0.15, 0.2) is 0 Å². The van der Waals surface area contributed by atoms with E-state index in [0.29, 0.717) is 33.1 Å². The molecule has 0 saturated carbocycles. The maximum Gasteiger partial charge on any atom is 0.264 e. The molecular formula is C26H10N4O2. The fourth-order valence-corrected chi connectivity index (χ4v) is 5.18. The quantitative estimate of drug-likeness (QED) is 0.355. The maximum absolute atomic E-state index is 13.6. The molecule has 8 rings (SSSR count). The van der Waals surface area contributed by atoms with Crippen LogP contribution in [0.5, 0.6) is 0 Å². The second-order valence-electron chi connectivity index (χ2n) is 8.05. The first-order valence-electron chi connectivity index (χ1n) is 10.2. The van der Waals surface area contributed by atoms with E-state index < -0.39 is 0 Å². The number of hydrogen-bond acceptors (Lipinski definition) is 4. The van der Waals surface area contributed by atoms with E-state index in [1.54, 1.807) is 45.2 Å². The summed E-state index contributed by atoms with van der Waals surface area (Å²) in [5.41, 5.74) is 3.79. The average molecular weight is 410 g/mol. The zero-order chi connectivity index (χ0) is 21.1. The van der Waals surface area contributed by atoms with E-state index in [1.807, 2.05) is 24.3 Å². The molecule has 146 valence electrons. The number of nitrogens with zero attached hydrogens (tertiary/aromatic N) is 4. The van der Waals surface area contributed by atoms with Gasteiger partial charge in [-0.2, -0.15) is 0 Å². The Morgan fingerprint density at radius 1 is 0.594 bits per heavy atom. The molecule has 6 nitrogen and oxygen atoms in total. The second-order valence-corrected chi connectivity index (χ2v) is 8.05. The van der Waals surface area contributed by atoms with Gasteiger partial charge in [-0.1, -0.05) is 12.1 Å². The molecule has 0 spiro atoms. The Labute approximate surface area is 178 Å². The fourth-order valence-electron chi connectivity index (χ4n) is 5.18. The highest BCUT2D eigenvalue weighted by atomic mass is 16.1. The van der Waals surface area contributed by atoms with Crippen molar-refractivity contribution in [2.24, 2.45) is 0 Å². The molecule has 0 aliphatic rings. The highest BCUT2D eigenvalue weighted by Crippen LogP contribution is 2.36. The van der Waals surface area contributed by atoms with Gasteiger partial charge in [0.1, 0.15) is 11.3 Å². The van der Waals surface area contributed by atoms with Gasteiger partial charge in [0, 0.05) is 32.3 Å². The van der Waals surface area contributed by atoms with Crippen LogP contribution in [0.4, 0.5) is 0 Å². The third kappa shape index (κ3) is 1.66. The lowest BCUT2D eigenvalue weighted by molar-refractivity contribution is 1.18. The third-order valence-corrected chi connectivity index (χ3v) is 6.51. The summed E-state index contributed by atoms with van der Waals surface area (Å²) >= 11 is 0. The highest BCUT2D eigenvalue weighted by molar-refractivity contribution is 6.27. The van der Waals surface area contributed by atoms with Gasteiger partial charge < -0.3 is 0 Å². The lowest BCUT2D eigenvalue weighted by Gasteiger charge is -2.12. The van der Waals surface area contributed by atoms with Crippen LogP contribution in [0.1, 0.15) is 0 Å². The third-order valence-electron chi connectivity index (χ3n) is 6.51. The van der Waals surface area contributed by atoms with Crippen molar-refractivity contribution in [2.45, 2.75) is 0 Å². The number of pyridine rings is 2. The van der Waals surface area contributed by atoms with Crippen molar-refractivity contribution in [3.63, 3.8) is 0 Å². The van der Waals surface area contributed by atoms with Crippen molar-refractivity contribution < 1.29 is 0 Å². The predicted molar refractivity (Wildman–Crippen MR) is 124 cm³/mol. The van der Waals surface area contributed by atoms with E-state index in [4.69, 9.17) is 9.97 Å². The number of fused-ring (bicyclic) bond motifs is 8. The zero-order valence-corrected chi connectivity index (χ0v) is 16.4. The topological polar surface area (TPSA) is 68.7 Å². The molecule has 32 heavy (non-hydrogen) atoms. The Hall–Kier alpha value is -4.58. The minimum Gasteiger partial charge on any atom is -0.268 e. The van der Waals surface area contributed by atoms with Gasteiger partial charge in [0.05, 0.1) is 22.1 Å². The molecule has 0 saturated heterocycles. The number of hydrogen-bond donors (Lipinski definition) is 0. The molecule has 6 heteroatoms. The summed E-state index contributed by atoms with van der Waals surface area (Å²) in [6.45, 7) is 0. The van der Waals surface area contributed by atoms with Gasteiger partial charge >= 0.3 is 0 Å². The lowest BCUT2D eigenvalue weighted by atomic mass is 9.96. The first kappa shape index (κ1) is 16.2. The van der Waals surface area contributed by atoms with Crippen LogP contribution in [0.15, 0.2) is 70.3 Å². The molecular weight excluding hydrogens is 400 g/mol. The molecule has 0 atom stereocenters. The normalized spacial score (nSPS) is 12.6. The average Bonchev–Trinajstić information content (AvgIpc) is 3.40. The van der Waals surface area contributed by atoms with Crippen molar-refractivity contribution in [1.29, 1.82) is 0 Å². The lowest BCUT2D eigenvalue weighted by Crippen LogP contribution is -2.16.